The molecule has 0 aliphatic heterocycles. The fourth-order valence-corrected chi connectivity index (χ4v) is 13.2. The molecule has 0 aromatic rings. The smallest absolute Gasteiger partial charge is 0.0402 e. The summed E-state index contributed by atoms with van der Waals surface area (Å²) in [6, 6.07) is 1.62. The van der Waals surface area contributed by atoms with Gasteiger partial charge in [-0.15, -0.1) is 0 Å². The van der Waals surface area contributed by atoms with Crippen LogP contribution in [0.5, 0.6) is 0 Å². The number of rotatable bonds is 5. The van der Waals surface area contributed by atoms with Crippen LogP contribution in [-0.4, -0.2) is 15.9 Å². The highest BCUT2D eigenvalue weighted by molar-refractivity contribution is 7.32. The molecule has 0 bridgehead atoms. The third kappa shape index (κ3) is 3.68. The fourth-order valence-electron chi connectivity index (χ4n) is 4.26. The summed E-state index contributed by atoms with van der Waals surface area (Å²) in [7, 11) is -1.37. The second kappa shape index (κ2) is 6.96. The van der Waals surface area contributed by atoms with Crippen molar-refractivity contribution in [2.24, 2.45) is 11.8 Å². The molecule has 1 fully saturated rings. The van der Waals surface area contributed by atoms with Gasteiger partial charge in [-0.05, 0) is 50.4 Å². The van der Waals surface area contributed by atoms with Crippen molar-refractivity contribution in [1.29, 1.82) is 0 Å². The Labute approximate surface area is 129 Å². The van der Waals surface area contributed by atoms with Gasteiger partial charge in [0.2, 0.25) is 0 Å². The highest BCUT2D eigenvalue weighted by atomic mass is 29.2. The lowest BCUT2D eigenvalue weighted by atomic mass is 9.71. The summed E-state index contributed by atoms with van der Waals surface area (Å²) in [6.45, 7) is 13.0. The van der Waals surface area contributed by atoms with Crippen LogP contribution < -0.4 is 0 Å². The van der Waals surface area contributed by atoms with Crippen LogP contribution >= 0.6 is 0 Å². The molecule has 1 saturated carbocycles. The van der Waals surface area contributed by atoms with Gasteiger partial charge in [-0.3, -0.25) is 0 Å². The third-order valence-electron chi connectivity index (χ3n) is 6.89. The van der Waals surface area contributed by atoms with Crippen LogP contribution in [0.15, 0.2) is 11.6 Å². The minimum atomic E-state index is -0.893. The summed E-state index contributed by atoms with van der Waals surface area (Å²) in [5.41, 5.74) is 2.89. The quantitative estimate of drug-likeness (QED) is 0.434. The normalized spacial score (nSPS) is 29.0. The lowest BCUT2D eigenvalue weighted by Gasteiger charge is -2.38. The molecule has 0 N–H and O–H groups in total. The minimum Gasteiger partial charge on any atom is -0.0848 e. The molecule has 2 heteroatoms. The van der Waals surface area contributed by atoms with Crippen LogP contribution in [0.1, 0.15) is 58.8 Å². The first-order chi connectivity index (χ1) is 9.43. The van der Waals surface area contributed by atoms with Crippen molar-refractivity contribution in [2.45, 2.75) is 90.0 Å². The van der Waals surface area contributed by atoms with Gasteiger partial charge in [0, 0.05) is 15.9 Å². The molecule has 2 aliphatic carbocycles. The first-order valence-electron chi connectivity index (χ1n) is 9.12. The summed E-state index contributed by atoms with van der Waals surface area (Å²) >= 11 is 0. The maximum atomic E-state index is 2.68. The molecule has 0 radical (unpaired) electrons. The number of fused-ring (bicyclic) bond motifs is 1. The van der Waals surface area contributed by atoms with E-state index in [0.717, 1.165) is 17.4 Å². The van der Waals surface area contributed by atoms with E-state index in [9.17, 15) is 0 Å². The molecule has 0 saturated heterocycles. The Kier molecular flexibility index (Phi) is 5.75. The minimum absolute atomic E-state index is 0.478. The van der Waals surface area contributed by atoms with Crippen LogP contribution in [0.2, 0.25) is 31.2 Å². The number of hydrogen-bond acceptors (Lipinski definition) is 0. The van der Waals surface area contributed by atoms with E-state index in [4.69, 9.17) is 0 Å². The van der Waals surface area contributed by atoms with E-state index in [1.807, 2.05) is 5.57 Å². The second-order valence-corrected chi connectivity index (χ2v) is 23.0. The molecule has 116 valence electrons. The van der Waals surface area contributed by atoms with Gasteiger partial charge in [-0.1, -0.05) is 63.1 Å². The predicted molar refractivity (Wildman–Crippen MR) is 97.8 cm³/mol. The van der Waals surface area contributed by atoms with Crippen molar-refractivity contribution in [2.75, 3.05) is 0 Å². The van der Waals surface area contributed by atoms with Gasteiger partial charge in [0.05, 0.1) is 0 Å². The molecule has 0 spiro atoms. The number of allylic oxidation sites excluding steroid dienone is 2. The predicted octanol–water partition coefficient (Wildman–Crippen LogP) is 5.96. The Balaban J connectivity index is 1.91. The Morgan fingerprint density at radius 3 is 2.60 bits per heavy atom. The van der Waals surface area contributed by atoms with E-state index in [-0.39, 0.29) is 0 Å². The fraction of sp³-hybridized carbons (Fsp3) is 0.889. The standard InChI is InChI=1S/C18H36Si2/c1-15(2)20(4,5)19(3)14-13-17-11-8-10-16-9-6-7-12-18(16)17/h12,15-17,19H,6-11,13-14H2,1-5H3. The van der Waals surface area contributed by atoms with Gasteiger partial charge in [-0.25, -0.2) is 0 Å². The zero-order valence-corrected chi connectivity index (χ0v) is 16.7. The summed E-state index contributed by atoms with van der Waals surface area (Å²) in [5.74, 6) is 1.98. The molecule has 0 aromatic carbocycles. The van der Waals surface area contributed by atoms with E-state index in [1.165, 1.54) is 38.5 Å². The zero-order valence-electron chi connectivity index (χ0n) is 14.5. The van der Waals surface area contributed by atoms with Crippen molar-refractivity contribution in [3.8, 4) is 0 Å². The lowest BCUT2D eigenvalue weighted by Crippen LogP contribution is -2.46. The third-order valence-corrected chi connectivity index (χ3v) is 24.1. The van der Waals surface area contributed by atoms with Crippen molar-refractivity contribution < 1.29 is 0 Å². The highest BCUT2D eigenvalue weighted by Crippen LogP contribution is 2.42. The summed E-state index contributed by atoms with van der Waals surface area (Å²) in [6.07, 6.45) is 13.0. The SMILES string of the molecule is CC(C)[Si](C)(C)[SiH](C)CCC1CCCC2CCCC=C21. The maximum Gasteiger partial charge on any atom is 0.0402 e. The van der Waals surface area contributed by atoms with E-state index >= 15 is 0 Å². The topological polar surface area (TPSA) is 0 Å². The molecule has 2 aliphatic rings. The summed E-state index contributed by atoms with van der Waals surface area (Å²) in [4.78, 5) is 0. The van der Waals surface area contributed by atoms with Gasteiger partial charge in [0.15, 0.2) is 0 Å². The molecule has 0 heterocycles. The Hall–Kier alpha value is 0.174. The molecule has 0 amide bonds. The summed E-state index contributed by atoms with van der Waals surface area (Å²) in [5, 5.41) is 0. The zero-order chi connectivity index (χ0) is 14.8. The molecule has 3 atom stereocenters. The van der Waals surface area contributed by atoms with E-state index in [0.29, 0.717) is 0 Å². The van der Waals surface area contributed by atoms with Gasteiger partial charge < -0.3 is 0 Å². The van der Waals surface area contributed by atoms with Crippen molar-refractivity contribution in [1.82, 2.24) is 0 Å². The van der Waals surface area contributed by atoms with Crippen LogP contribution in [0.25, 0.3) is 0 Å². The van der Waals surface area contributed by atoms with E-state index in [1.54, 1.807) is 12.5 Å². The van der Waals surface area contributed by atoms with Crippen molar-refractivity contribution in [3.05, 3.63) is 11.6 Å². The van der Waals surface area contributed by atoms with Crippen LogP contribution in [0.4, 0.5) is 0 Å². The molecule has 0 nitrogen and oxygen atoms in total. The molecule has 20 heavy (non-hydrogen) atoms. The van der Waals surface area contributed by atoms with Gasteiger partial charge >= 0.3 is 0 Å². The van der Waals surface area contributed by atoms with Crippen LogP contribution in [0.3, 0.4) is 0 Å². The van der Waals surface area contributed by atoms with E-state index in [2.05, 4.69) is 39.6 Å². The van der Waals surface area contributed by atoms with Gasteiger partial charge in [0.1, 0.15) is 0 Å². The van der Waals surface area contributed by atoms with Crippen LogP contribution in [0, 0.1) is 11.8 Å². The highest BCUT2D eigenvalue weighted by Gasteiger charge is 2.34. The van der Waals surface area contributed by atoms with Gasteiger partial charge in [0.25, 0.3) is 0 Å². The van der Waals surface area contributed by atoms with Crippen molar-refractivity contribution in [3.63, 3.8) is 0 Å². The Morgan fingerprint density at radius 2 is 1.90 bits per heavy atom. The van der Waals surface area contributed by atoms with Gasteiger partial charge in [-0.2, -0.15) is 0 Å². The molecular formula is C18H36Si2. The van der Waals surface area contributed by atoms with Crippen molar-refractivity contribution >= 4 is 15.9 Å². The molecule has 2 rings (SSSR count). The Bertz CT molecular complexity index is 343. The first kappa shape index (κ1) is 16.5. The largest absolute Gasteiger partial charge is 0.0848 e. The maximum absolute atomic E-state index is 2.68. The molecular weight excluding hydrogens is 272 g/mol. The van der Waals surface area contributed by atoms with Crippen LogP contribution in [-0.2, 0) is 0 Å². The average Bonchev–Trinajstić information content (AvgIpc) is 2.44. The first-order valence-corrected chi connectivity index (χ1v) is 16.0. The monoisotopic (exact) mass is 308 g/mol. The molecule has 0 aromatic heterocycles. The van der Waals surface area contributed by atoms with E-state index < -0.39 is 15.9 Å². The average molecular weight is 309 g/mol. The lowest BCUT2D eigenvalue weighted by molar-refractivity contribution is 0.327. The number of hydrogen-bond donors (Lipinski definition) is 0. The second-order valence-electron chi connectivity index (χ2n) is 8.41. The summed E-state index contributed by atoms with van der Waals surface area (Å²) < 4.78 is 0. The Morgan fingerprint density at radius 1 is 1.20 bits per heavy atom. The molecule has 3 unspecified atom stereocenters.